The van der Waals surface area contributed by atoms with Crippen molar-refractivity contribution in [2.24, 2.45) is 0 Å². The highest BCUT2D eigenvalue weighted by Gasteiger charge is 2.11. The maximum Gasteiger partial charge on any atom is 0.158 e. The highest BCUT2D eigenvalue weighted by molar-refractivity contribution is 5.93. The molecule has 0 bridgehead atoms. The standard InChI is InChI=1S/C17H16O4/c18-14-6-1-12(2-7-14)3-8-16(20)11-17(21)13-4-9-15(19)10-5-13/h1-10,17-19,21H,11H2/b8-3+/t17-/m1/s1. The van der Waals surface area contributed by atoms with Gasteiger partial charge in [0.1, 0.15) is 11.5 Å². The van der Waals surface area contributed by atoms with E-state index in [4.69, 9.17) is 5.11 Å². The van der Waals surface area contributed by atoms with Crippen LogP contribution >= 0.6 is 0 Å². The zero-order valence-electron chi connectivity index (χ0n) is 11.3. The Morgan fingerprint density at radius 1 is 0.952 bits per heavy atom. The molecule has 0 amide bonds. The van der Waals surface area contributed by atoms with Crippen molar-refractivity contribution < 1.29 is 20.1 Å². The molecule has 0 aliphatic rings. The highest BCUT2D eigenvalue weighted by atomic mass is 16.3. The normalized spacial score (nSPS) is 12.4. The van der Waals surface area contributed by atoms with E-state index in [0.29, 0.717) is 5.56 Å². The molecule has 0 radical (unpaired) electrons. The van der Waals surface area contributed by atoms with E-state index in [-0.39, 0.29) is 23.7 Å². The maximum atomic E-state index is 11.8. The molecule has 0 saturated carbocycles. The number of aromatic hydroxyl groups is 2. The van der Waals surface area contributed by atoms with Crippen molar-refractivity contribution in [1.29, 1.82) is 0 Å². The summed E-state index contributed by atoms with van der Waals surface area (Å²) in [6, 6.07) is 12.6. The lowest BCUT2D eigenvalue weighted by Gasteiger charge is -2.08. The van der Waals surface area contributed by atoms with Gasteiger partial charge >= 0.3 is 0 Å². The van der Waals surface area contributed by atoms with Gasteiger partial charge < -0.3 is 15.3 Å². The summed E-state index contributed by atoms with van der Waals surface area (Å²) >= 11 is 0. The molecule has 4 nitrogen and oxygen atoms in total. The van der Waals surface area contributed by atoms with Crippen molar-refractivity contribution in [3.05, 3.63) is 65.7 Å². The van der Waals surface area contributed by atoms with Crippen LogP contribution in [0.25, 0.3) is 6.08 Å². The third kappa shape index (κ3) is 4.47. The predicted molar refractivity (Wildman–Crippen MR) is 79.8 cm³/mol. The SMILES string of the molecule is O=C(/C=C/c1ccc(O)cc1)C[C@@H](O)c1ccc(O)cc1. The van der Waals surface area contributed by atoms with E-state index >= 15 is 0 Å². The molecule has 0 unspecified atom stereocenters. The fourth-order valence-electron chi connectivity index (χ4n) is 1.85. The Balaban J connectivity index is 1.94. The van der Waals surface area contributed by atoms with Crippen molar-refractivity contribution in [1.82, 2.24) is 0 Å². The molecule has 1 atom stereocenters. The molecule has 0 spiro atoms. The van der Waals surface area contributed by atoms with Gasteiger partial charge in [-0.3, -0.25) is 4.79 Å². The van der Waals surface area contributed by atoms with Crippen molar-refractivity contribution in [3.8, 4) is 11.5 Å². The molecule has 0 heterocycles. The Bertz CT molecular complexity index is 627. The third-order valence-corrected chi connectivity index (χ3v) is 3.03. The monoisotopic (exact) mass is 284 g/mol. The number of phenolic OH excluding ortho intramolecular Hbond substituents is 2. The molecule has 21 heavy (non-hydrogen) atoms. The van der Waals surface area contributed by atoms with Gasteiger partial charge in [0, 0.05) is 6.42 Å². The van der Waals surface area contributed by atoms with Crippen molar-refractivity contribution in [3.63, 3.8) is 0 Å². The van der Waals surface area contributed by atoms with Crippen LogP contribution in [0.1, 0.15) is 23.7 Å². The topological polar surface area (TPSA) is 77.8 Å². The second kappa shape index (κ2) is 6.72. The number of phenols is 2. The highest BCUT2D eigenvalue weighted by Crippen LogP contribution is 2.20. The van der Waals surface area contributed by atoms with E-state index in [1.54, 1.807) is 30.3 Å². The van der Waals surface area contributed by atoms with Crippen LogP contribution in [0.4, 0.5) is 0 Å². The van der Waals surface area contributed by atoms with E-state index in [2.05, 4.69) is 0 Å². The molecular formula is C17H16O4. The van der Waals surface area contributed by atoms with Crippen LogP contribution < -0.4 is 0 Å². The summed E-state index contributed by atoms with van der Waals surface area (Å²) in [4.78, 5) is 11.8. The van der Waals surface area contributed by atoms with Gasteiger partial charge in [-0.1, -0.05) is 30.3 Å². The molecule has 2 aromatic rings. The summed E-state index contributed by atoms with van der Waals surface area (Å²) in [5.74, 6) is 0.0781. The maximum absolute atomic E-state index is 11.8. The van der Waals surface area contributed by atoms with Crippen molar-refractivity contribution in [2.45, 2.75) is 12.5 Å². The van der Waals surface area contributed by atoms with Gasteiger partial charge in [0.2, 0.25) is 0 Å². The zero-order valence-corrected chi connectivity index (χ0v) is 11.3. The first-order valence-electron chi connectivity index (χ1n) is 6.51. The van der Waals surface area contributed by atoms with E-state index in [9.17, 15) is 15.0 Å². The lowest BCUT2D eigenvalue weighted by Crippen LogP contribution is -2.04. The number of aliphatic hydroxyl groups excluding tert-OH is 1. The van der Waals surface area contributed by atoms with Crippen LogP contribution in [0, 0.1) is 0 Å². The van der Waals surface area contributed by atoms with Crippen molar-refractivity contribution >= 4 is 11.9 Å². The summed E-state index contributed by atoms with van der Waals surface area (Å²) < 4.78 is 0. The predicted octanol–water partition coefficient (Wildman–Crippen LogP) is 2.80. The van der Waals surface area contributed by atoms with Crippen LogP contribution in [0.2, 0.25) is 0 Å². The van der Waals surface area contributed by atoms with Gasteiger partial charge in [-0.2, -0.15) is 0 Å². The van der Waals surface area contributed by atoms with E-state index < -0.39 is 6.10 Å². The summed E-state index contributed by atoms with van der Waals surface area (Å²) in [6.45, 7) is 0. The first kappa shape index (κ1) is 14.8. The summed E-state index contributed by atoms with van der Waals surface area (Å²) in [5.41, 5.74) is 1.37. The molecular weight excluding hydrogens is 268 g/mol. The zero-order chi connectivity index (χ0) is 15.2. The molecule has 108 valence electrons. The number of rotatable bonds is 5. The minimum atomic E-state index is -0.900. The Kier molecular flexibility index (Phi) is 4.74. The minimum Gasteiger partial charge on any atom is -0.508 e. The Labute approximate surface area is 122 Å². The van der Waals surface area contributed by atoms with Crippen LogP contribution in [-0.2, 0) is 4.79 Å². The van der Waals surface area contributed by atoms with Crippen LogP contribution in [0.5, 0.6) is 11.5 Å². The van der Waals surface area contributed by atoms with Gasteiger partial charge in [0.05, 0.1) is 6.10 Å². The number of benzene rings is 2. The molecule has 0 fully saturated rings. The second-order valence-electron chi connectivity index (χ2n) is 4.70. The molecule has 0 aromatic heterocycles. The number of carbonyl (C=O) groups excluding carboxylic acids is 1. The molecule has 0 aliphatic heterocycles. The van der Waals surface area contributed by atoms with Crippen LogP contribution in [0.3, 0.4) is 0 Å². The van der Waals surface area contributed by atoms with Crippen LogP contribution in [-0.4, -0.2) is 21.1 Å². The van der Waals surface area contributed by atoms with E-state index in [1.807, 2.05) is 0 Å². The largest absolute Gasteiger partial charge is 0.508 e. The molecule has 0 aliphatic carbocycles. The lowest BCUT2D eigenvalue weighted by molar-refractivity contribution is -0.116. The lowest BCUT2D eigenvalue weighted by atomic mass is 10.0. The van der Waals surface area contributed by atoms with E-state index in [0.717, 1.165) is 5.56 Å². The average molecular weight is 284 g/mol. The number of aliphatic hydroxyl groups is 1. The average Bonchev–Trinajstić information content (AvgIpc) is 2.47. The first-order chi connectivity index (χ1) is 10.0. The van der Waals surface area contributed by atoms with Gasteiger partial charge in [0.25, 0.3) is 0 Å². The fraction of sp³-hybridized carbons (Fsp3) is 0.118. The minimum absolute atomic E-state index is 0.0284. The first-order valence-corrected chi connectivity index (χ1v) is 6.51. The molecule has 3 N–H and O–H groups in total. The number of allylic oxidation sites excluding steroid dienone is 1. The van der Waals surface area contributed by atoms with Crippen LogP contribution in [0.15, 0.2) is 54.6 Å². The van der Waals surface area contributed by atoms with Gasteiger partial charge in [-0.15, -0.1) is 0 Å². The Hall–Kier alpha value is -2.59. The van der Waals surface area contributed by atoms with Crippen molar-refractivity contribution in [2.75, 3.05) is 0 Å². The molecule has 2 aromatic carbocycles. The third-order valence-electron chi connectivity index (χ3n) is 3.03. The number of carbonyl (C=O) groups is 1. The molecule has 0 saturated heterocycles. The van der Waals surface area contributed by atoms with E-state index in [1.165, 1.54) is 30.3 Å². The Morgan fingerprint density at radius 3 is 2.05 bits per heavy atom. The number of hydrogen-bond acceptors (Lipinski definition) is 4. The van der Waals surface area contributed by atoms with Gasteiger partial charge in [0.15, 0.2) is 5.78 Å². The Morgan fingerprint density at radius 2 is 1.48 bits per heavy atom. The smallest absolute Gasteiger partial charge is 0.158 e. The summed E-state index contributed by atoms with van der Waals surface area (Å²) in [6.07, 6.45) is 2.10. The number of ketones is 1. The van der Waals surface area contributed by atoms with Gasteiger partial charge in [-0.25, -0.2) is 0 Å². The quantitative estimate of drug-likeness (QED) is 0.738. The second-order valence-corrected chi connectivity index (χ2v) is 4.70. The summed E-state index contributed by atoms with van der Waals surface area (Å²) in [5, 5.41) is 28.3. The molecule has 4 heteroatoms. The fourth-order valence-corrected chi connectivity index (χ4v) is 1.85. The van der Waals surface area contributed by atoms with Gasteiger partial charge in [-0.05, 0) is 41.5 Å². The molecule has 2 rings (SSSR count). The number of hydrogen-bond donors (Lipinski definition) is 3. The summed E-state index contributed by atoms with van der Waals surface area (Å²) in [7, 11) is 0.